The molecule has 92 valence electrons. The molecule has 0 saturated carbocycles. The van der Waals surface area contributed by atoms with Gasteiger partial charge in [0.1, 0.15) is 0 Å². The van der Waals surface area contributed by atoms with E-state index in [0.717, 1.165) is 0 Å². The van der Waals surface area contributed by atoms with Gasteiger partial charge in [-0.25, -0.2) is 4.79 Å². The van der Waals surface area contributed by atoms with E-state index in [0.29, 0.717) is 0 Å². The predicted molar refractivity (Wildman–Crippen MR) is 55.1 cm³/mol. The molecule has 0 aromatic rings. The summed E-state index contributed by atoms with van der Waals surface area (Å²) < 4.78 is 0. The Bertz CT molecular complexity index is 274. The van der Waals surface area contributed by atoms with Crippen molar-refractivity contribution in [3.05, 3.63) is 0 Å². The molecule has 0 atom stereocenters. The third kappa shape index (κ3) is 3.48. The third-order valence-corrected chi connectivity index (χ3v) is 1.97. The molecule has 2 amide bonds. The number of carbonyl (C=O) groups is 3. The Balaban J connectivity index is 4.92. The van der Waals surface area contributed by atoms with Crippen molar-refractivity contribution < 1.29 is 19.5 Å². The molecule has 0 fully saturated rings. The average Bonchev–Trinajstić information content (AvgIpc) is 2.27. The fourth-order valence-electron chi connectivity index (χ4n) is 1.04. The summed E-state index contributed by atoms with van der Waals surface area (Å²) in [6.45, 7) is 0.767. The zero-order chi connectivity index (χ0) is 12.8. The largest absolute Gasteiger partial charge is 0.478 e. The summed E-state index contributed by atoms with van der Waals surface area (Å²) in [6, 6.07) is 0. The van der Waals surface area contributed by atoms with Crippen molar-refractivity contribution in [1.82, 2.24) is 10.6 Å². The number of nitrogens with one attached hydrogen (secondary N) is 2. The Labute approximate surface area is 92.4 Å². The predicted octanol–water partition coefficient (Wildman–Crippen LogP) is -2.67. The van der Waals surface area contributed by atoms with Crippen LogP contribution in [0.15, 0.2) is 0 Å². The second-order valence-corrected chi connectivity index (χ2v) is 3.07. The average molecular weight is 232 g/mol. The Hall–Kier alpha value is -1.67. The quantitative estimate of drug-likeness (QED) is 0.315. The van der Waals surface area contributed by atoms with Gasteiger partial charge in [0.05, 0.1) is 13.1 Å². The van der Waals surface area contributed by atoms with Crippen molar-refractivity contribution in [3.63, 3.8) is 0 Å². The molecule has 0 heterocycles. The molecular formula is C8H16N4O4. The lowest BCUT2D eigenvalue weighted by atomic mass is 10.1. The normalized spacial score (nSPS) is 10.7. The van der Waals surface area contributed by atoms with E-state index in [1.165, 1.54) is 6.92 Å². The monoisotopic (exact) mass is 232 g/mol. The van der Waals surface area contributed by atoms with Gasteiger partial charge in [0.25, 0.3) is 0 Å². The molecule has 0 radical (unpaired) electrons. The number of rotatable bonds is 6. The molecule has 0 bridgehead atoms. The molecule has 8 heteroatoms. The van der Waals surface area contributed by atoms with Gasteiger partial charge in [-0.1, -0.05) is 6.92 Å². The molecule has 7 N–H and O–H groups in total. The van der Waals surface area contributed by atoms with E-state index in [2.05, 4.69) is 10.6 Å². The number of nitrogens with two attached hydrogens (primary N) is 2. The molecule has 0 aliphatic carbocycles. The van der Waals surface area contributed by atoms with Crippen LogP contribution in [0.4, 0.5) is 0 Å². The lowest BCUT2D eigenvalue weighted by Gasteiger charge is -2.30. The summed E-state index contributed by atoms with van der Waals surface area (Å²) in [7, 11) is 0. The van der Waals surface area contributed by atoms with E-state index in [4.69, 9.17) is 16.6 Å². The number of hydrogen-bond donors (Lipinski definition) is 5. The van der Waals surface area contributed by atoms with E-state index < -0.39 is 23.4 Å². The van der Waals surface area contributed by atoms with Crippen molar-refractivity contribution in [2.75, 3.05) is 13.1 Å². The van der Waals surface area contributed by atoms with Crippen LogP contribution in [-0.2, 0) is 14.4 Å². The first-order valence-corrected chi connectivity index (χ1v) is 4.67. The van der Waals surface area contributed by atoms with Gasteiger partial charge in [-0.3, -0.25) is 9.59 Å². The number of aliphatic carboxylic acids is 1. The first kappa shape index (κ1) is 14.3. The zero-order valence-corrected chi connectivity index (χ0v) is 8.95. The van der Waals surface area contributed by atoms with Crippen molar-refractivity contribution in [2.45, 2.75) is 19.0 Å². The maximum Gasteiger partial charge on any atom is 0.350 e. The van der Waals surface area contributed by atoms with Gasteiger partial charge >= 0.3 is 5.97 Å². The highest BCUT2D eigenvalue weighted by Crippen LogP contribution is 2.06. The first-order valence-electron chi connectivity index (χ1n) is 4.67. The molecule has 0 spiro atoms. The Kier molecular flexibility index (Phi) is 5.40. The summed E-state index contributed by atoms with van der Waals surface area (Å²) in [5.74, 6) is -2.73. The molecule has 8 nitrogen and oxygen atoms in total. The molecular weight excluding hydrogens is 216 g/mol. The first-order chi connectivity index (χ1) is 7.41. The minimum Gasteiger partial charge on any atom is -0.478 e. The SMILES string of the molecule is CCC(NC(=O)CN)(NC(=O)CN)C(=O)O. The second-order valence-electron chi connectivity index (χ2n) is 3.07. The highest BCUT2D eigenvalue weighted by Gasteiger charge is 2.39. The van der Waals surface area contributed by atoms with Gasteiger partial charge < -0.3 is 27.2 Å². The van der Waals surface area contributed by atoms with Crippen LogP contribution in [0.25, 0.3) is 0 Å². The van der Waals surface area contributed by atoms with Crippen LogP contribution >= 0.6 is 0 Å². The van der Waals surface area contributed by atoms with Crippen LogP contribution in [0.2, 0.25) is 0 Å². The number of hydrogen-bond acceptors (Lipinski definition) is 5. The molecule has 0 aromatic carbocycles. The van der Waals surface area contributed by atoms with Crippen molar-refractivity contribution >= 4 is 17.8 Å². The molecule has 0 unspecified atom stereocenters. The van der Waals surface area contributed by atoms with Crippen LogP contribution < -0.4 is 22.1 Å². The third-order valence-electron chi connectivity index (χ3n) is 1.97. The van der Waals surface area contributed by atoms with Crippen molar-refractivity contribution in [1.29, 1.82) is 0 Å². The van der Waals surface area contributed by atoms with Crippen molar-refractivity contribution in [3.8, 4) is 0 Å². The van der Waals surface area contributed by atoms with Gasteiger partial charge in [0, 0.05) is 0 Å². The minimum atomic E-state index is -1.85. The maximum absolute atomic E-state index is 11.1. The number of carboxylic acids is 1. The molecule has 0 aliphatic rings. The summed E-state index contributed by atoms with van der Waals surface area (Å²) in [5.41, 5.74) is 8.26. The smallest absolute Gasteiger partial charge is 0.350 e. The number of carboxylic acid groups (broad SMARTS) is 1. The van der Waals surface area contributed by atoms with Gasteiger partial charge in [-0.15, -0.1) is 0 Å². The second kappa shape index (κ2) is 6.03. The standard InChI is InChI=1S/C8H16N4O4/c1-2-8(7(15)16,11-5(13)3-9)12-6(14)4-10/h2-4,9-10H2,1H3,(H,11,13)(H,12,14)(H,15,16). The molecule has 0 rings (SSSR count). The number of amides is 2. The summed E-state index contributed by atoms with van der Waals surface area (Å²) in [5, 5.41) is 13.3. The van der Waals surface area contributed by atoms with E-state index >= 15 is 0 Å². The summed E-state index contributed by atoms with van der Waals surface area (Å²) in [6.07, 6.45) is -0.0280. The van der Waals surface area contributed by atoms with Gasteiger partial charge in [-0.05, 0) is 6.42 Å². The molecule has 0 aromatic heterocycles. The zero-order valence-electron chi connectivity index (χ0n) is 8.95. The molecule has 0 saturated heterocycles. The fraction of sp³-hybridized carbons (Fsp3) is 0.625. The number of carbonyl (C=O) groups excluding carboxylic acids is 2. The van der Waals surface area contributed by atoms with E-state index in [9.17, 15) is 14.4 Å². The van der Waals surface area contributed by atoms with Crippen LogP contribution in [0.1, 0.15) is 13.3 Å². The summed E-state index contributed by atoms with van der Waals surface area (Å²) >= 11 is 0. The van der Waals surface area contributed by atoms with E-state index in [1.54, 1.807) is 0 Å². The fourth-order valence-corrected chi connectivity index (χ4v) is 1.04. The highest BCUT2D eigenvalue weighted by molar-refractivity contribution is 5.92. The van der Waals surface area contributed by atoms with Gasteiger partial charge in [0.2, 0.25) is 17.5 Å². The van der Waals surface area contributed by atoms with Crippen LogP contribution in [0.3, 0.4) is 0 Å². The van der Waals surface area contributed by atoms with Gasteiger partial charge in [-0.2, -0.15) is 0 Å². The Morgan fingerprint density at radius 1 is 1.12 bits per heavy atom. The molecule has 0 aliphatic heterocycles. The van der Waals surface area contributed by atoms with E-state index in [1.807, 2.05) is 0 Å². The van der Waals surface area contributed by atoms with Gasteiger partial charge in [0.15, 0.2) is 0 Å². The maximum atomic E-state index is 11.1. The highest BCUT2D eigenvalue weighted by atomic mass is 16.4. The summed E-state index contributed by atoms with van der Waals surface area (Å²) in [4.78, 5) is 33.2. The molecule has 16 heavy (non-hydrogen) atoms. The van der Waals surface area contributed by atoms with E-state index in [-0.39, 0.29) is 19.5 Å². The lowest BCUT2D eigenvalue weighted by molar-refractivity contribution is -0.151. The Morgan fingerprint density at radius 3 is 1.69 bits per heavy atom. The lowest BCUT2D eigenvalue weighted by Crippen LogP contribution is -2.66. The topological polar surface area (TPSA) is 148 Å². The van der Waals surface area contributed by atoms with Crippen molar-refractivity contribution in [2.24, 2.45) is 11.5 Å². The minimum absolute atomic E-state index is 0.0280. The van der Waals surface area contributed by atoms with Crippen LogP contribution in [-0.4, -0.2) is 41.6 Å². The van der Waals surface area contributed by atoms with Crippen LogP contribution in [0, 0.1) is 0 Å². The Morgan fingerprint density at radius 2 is 1.50 bits per heavy atom. The van der Waals surface area contributed by atoms with Crippen LogP contribution in [0.5, 0.6) is 0 Å².